The van der Waals surface area contributed by atoms with Crippen LogP contribution in [0.4, 0.5) is 4.79 Å². The second-order valence-corrected chi connectivity index (χ2v) is 8.76. The second kappa shape index (κ2) is 7.52. The molecule has 3 aliphatic rings. The van der Waals surface area contributed by atoms with Crippen LogP contribution in [0, 0.1) is 5.92 Å². The van der Waals surface area contributed by atoms with E-state index >= 15 is 0 Å². The largest absolute Gasteiger partial charge is 0.444 e. The molecular weight excluding hydrogens is 318 g/mol. The lowest BCUT2D eigenvalue weighted by molar-refractivity contribution is -0.136. The molecule has 0 bridgehead atoms. The molecule has 3 atom stereocenters. The van der Waals surface area contributed by atoms with Gasteiger partial charge in [0.05, 0.1) is 0 Å². The highest BCUT2D eigenvalue weighted by atomic mass is 16.6. The van der Waals surface area contributed by atoms with Gasteiger partial charge in [-0.05, 0) is 58.9 Å². The van der Waals surface area contributed by atoms with Crippen LogP contribution in [0.3, 0.4) is 0 Å². The molecule has 2 heterocycles. The molecule has 0 aromatic carbocycles. The number of nitrogens with zero attached hydrogens (tertiary/aromatic N) is 1. The van der Waals surface area contributed by atoms with E-state index < -0.39 is 17.7 Å². The minimum atomic E-state index is -0.557. The zero-order chi connectivity index (χ0) is 18.0. The fraction of sp³-hybridized carbons (Fsp3) is 0.895. The molecule has 1 saturated carbocycles. The third-order valence-electron chi connectivity index (χ3n) is 5.74. The summed E-state index contributed by atoms with van der Waals surface area (Å²) in [5, 5.41) is 6.41. The molecule has 3 rings (SSSR count). The van der Waals surface area contributed by atoms with Gasteiger partial charge in [0.15, 0.2) is 0 Å². The Morgan fingerprint density at radius 1 is 1.12 bits per heavy atom. The van der Waals surface area contributed by atoms with Gasteiger partial charge in [-0.2, -0.15) is 0 Å². The van der Waals surface area contributed by atoms with E-state index in [-0.39, 0.29) is 11.8 Å². The highest BCUT2D eigenvalue weighted by Gasteiger charge is 2.44. The third-order valence-corrected chi connectivity index (χ3v) is 5.74. The third kappa shape index (κ3) is 4.46. The van der Waals surface area contributed by atoms with Crippen molar-refractivity contribution in [1.82, 2.24) is 15.5 Å². The van der Waals surface area contributed by atoms with Crippen LogP contribution < -0.4 is 10.6 Å². The van der Waals surface area contributed by atoms with Gasteiger partial charge < -0.3 is 20.3 Å². The van der Waals surface area contributed by atoms with E-state index in [1.165, 1.54) is 6.42 Å². The number of carbonyl (C=O) groups is 2. The molecule has 142 valence electrons. The summed E-state index contributed by atoms with van der Waals surface area (Å²) < 4.78 is 5.43. The fourth-order valence-corrected chi connectivity index (χ4v) is 4.60. The topological polar surface area (TPSA) is 70.7 Å². The number of hydrogen-bond acceptors (Lipinski definition) is 4. The zero-order valence-corrected chi connectivity index (χ0v) is 15.8. The number of carbonyl (C=O) groups excluding carboxylic acids is 2. The molecule has 2 saturated heterocycles. The number of nitrogens with one attached hydrogen (secondary N) is 2. The Morgan fingerprint density at radius 2 is 1.84 bits per heavy atom. The Kier molecular flexibility index (Phi) is 5.56. The van der Waals surface area contributed by atoms with E-state index in [0.29, 0.717) is 12.1 Å². The van der Waals surface area contributed by atoms with Crippen molar-refractivity contribution >= 4 is 12.0 Å². The molecule has 6 nitrogen and oxygen atoms in total. The number of hydrogen-bond donors (Lipinski definition) is 2. The molecule has 0 aromatic rings. The first-order valence-corrected chi connectivity index (χ1v) is 9.88. The minimum Gasteiger partial charge on any atom is -0.444 e. The van der Waals surface area contributed by atoms with Gasteiger partial charge in [-0.3, -0.25) is 4.79 Å². The van der Waals surface area contributed by atoms with Crippen molar-refractivity contribution in [1.29, 1.82) is 0 Å². The normalized spacial score (nSPS) is 28.5. The lowest BCUT2D eigenvalue weighted by Gasteiger charge is -2.35. The van der Waals surface area contributed by atoms with Crippen LogP contribution in [0.25, 0.3) is 0 Å². The van der Waals surface area contributed by atoms with Crippen LogP contribution in [-0.2, 0) is 9.53 Å². The smallest absolute Gasteiger partial charge is 0.408 e. The van der Waals surface area contributed by atoms with Crippen molar-refractivity contribution in [2.24, 2.45) is 5.92 Å². The molecule has 0 aromatic heterocycles. The molecule has 6 heteroatoms. The van der Waals surface area contributed by atoms with Gasteiger partial charge in [-0.25, -0.2) is 4.79 Å². The summed E-state index contributed by atoms with van der Waals surface area (Å²) >= 11 is 0. The Morgan fingerprint density at radius 3 is 2.52 bits per heavy atom. The highest BCUT2D eigenvalue weighted by molar-refractivity contribution is 5.86. The van der Waals surface area contributed by atoms with Gasteiger partial charge >= 0.3 is 6.09 Å². The van der Waals surface area contributed by atoms with Crippen LogP contribution in [0.1, 0.15) is 65.7 Å². The minimum absolute atomic E-state index is 0.0916. The summed E-state index contributed by atoms with van der Waals surface area (Å²) in [7, 11) is 0. The predicted octanol–water partition coefficient (Wildman–Crippen LogP) is 2.42. The zero-order valence-electron chi connectivity index (χ0n) is 15.8. The maximum absolute atomic E-state index is 13.3. The van der Waals surface area contributed by atoms with Crippen LogP contribution in [0.2, 0.25) is 0 Å². The fourth-order valence-electron chi connectivity index (χ4n) is 4.60. The van der Waals surface area contributed by atoms with Crippen LogP contribution in [-0.4, -0.2) is 53.7 Å². The van der Waals surface area contributed by atoms with Crippen molar-refractivity contribution in [2.75, 3.05) is 13.1 Å². The molecule has 25 heavy (non-hydrogen) atoms. The number of alkyl carbamates (subject to hydrolysis) is 1. The summed E-state index contributed by atoms with van der Waals surface area (Å²) in [5.74, 6) is 0.316. The maximum atomic E-state index is 13.3. The first-order chi connectivity index (χ1) is 11.8. The molecule has 0 spiro atoms. The molecule has 3 unspecified atom stereocenters. The predicted molar refractivity (Wildman–Crippen MR) is 96.3 cm³/mol. The average Bonchev–Trinajstić information content (AvgIpc) is 3.14. The van der Waals surface area contributed by atoms with Gasteiger partial charge in [0.1, 0.15) is 11.6 Å². The molecule has 2 N–H and O–H groups in total. The summed E-state index contributed by atoms with van der Waals surface area (Å²) in [6.45, 7) is 7.31. The van der Waals surface area contributed by atoms with E-state index in [2.05, 4.69) is 10.6 Å². The summed E-state index contributed by atoms with van der Waals surface area (Å²) in [4.78, 5) is 27.7. The molecular formula is C19H33N3O3. The molecule has 2 amide bonds. The van der Waals surface area contributed by atoms with E-state index in [0.717, 1.165) is 51.6 Å². The Bertz CT molecular complexity index is 497. The van der Waals surface area contributed by atoms with E-state index in [1.807, 2.05) is 25.7 Å². The van der Waals surface area contributed by atoms with Crippen molar-refractivity contribution in [3.63, 3.8) is 0 Å². The summed E-state index contributed by atoms with van der Waals surface area (Å²) in [5.41, 5.74) is -0.557. The monoisotopic (exact) mass is 351 g/mol. The molecule has 2 aliphatic heterocycles. The number of amides is 2. The molecule has 3 fully saturated rings. The number of likely N-dealkylation sites (tertiary alicyclic amines) is 1. The second-order valence-electron chi connectivity index (χ2n) is 8.76. The summed E-state index contributed by atoms with van der Waals surface area (Å²) in [6.07, 6.45) is 7.06. The van der Waals surface area contributed by atoms with Crippen molar-refractivity contribution in [2.45, 2.75) is 89.4 Å². The van der Waals surface area contributed by atoms with Gasteiger partial charge in [-0.1, -0.05) is 19.3 Å². The highest BCUT2D eigenvalue weighted by Crippen LogP contribution is 2.31. The van der Waals surface area contributed by atoms with Crippen molar-refractivity contribution < 1.29 is 14.3 Å². The number of rotatable bonds is 3. The van der Waals surface area contributed by atoms with Crippen molar-refractivity contribution in [3.05, 3.63) is 0 Å². The SMILES string of the molecule is CC(C)(C)OC(=O)NC(C(=O)N1CCC2NCCC21)C1CCCCC1. The standard InChI is InChI=1S/C19H33N3O3/c1-19(2,3)25-18(24)21-16(13-7-5-4-6-8-13)17(23)22-12-10-14-15(22)9-11-20-14/h13-16,20H,4-12H2,1-3H3,(H,21,24). The molecule has 0 radical (unpaired) electrons. The van der Waals surface area contributed by atoms with Gasteiger partial charge in [-0.15, -0.1) is 0 Å². The van der Waals surface area contributed by atoms with Gasteiger partial charge in [0, 0.05) is 18.6 Å². The van der Waals surface area contributed by atoms with Gasteiger partial charge in [0.2, 0.25) is 5.91 Å². The van der Waals surface area contributed by atoms with Crippen LogP contribution in [0.15, 0.2) is 0 Å². The molecule has 1 aliphatic carbocycles. The Hall–Kier alpha value is -1.30. The van der Waals surface area contributed by atoms with Crippen LogP contribution >= 0.6 is 0 Å². The van der Waals surface area contributed by atoms with Crippen LogP contribution in [0.5, 0.6) is 0 Å². The maximum Gasteiger partial charge on any atom is 0.408 e. The number of fused-ring (bicyclic) bond motifs is 1. The van der Waals surface area contributed by atoms with E-state index in [1.54, 1.807) is 0 Å². The summed E-state index contributed by atoms with van der Waals surface area (Å²) in [6, 6.07) is 0.269. The first kappa shape index (κ1) is 18.5. The van der Waals surface area contributed by atoms with Gasteiger partial charge in [0.25, 0.3) is 0 Å². The Labute approximate surface area is 151 Å². The lowest BCUT2D eigenvalue weighted by Crippen LogP contribution is -2.55. The first-order valence-electron chi connectivity index (χ1n) is 9.88. The number of ether oxygens (including phenoxy) is 1. The Balaban J connectivity index is 1.71. The quantitative estimate of drug-likeness (QED) is 0.819. The van der Waals surface area contributed by atoms with E-state index in [9.17, 15) is 9.59 Å². The van der Waals surface area contributed by atoms with Crippen molar-refractivity contribution in [3.8, 4) is 0 Å². The van der Waals surface area contributed by atoms with E-state index in [4.69, 9.17) is 4.74 Å². The lowest BCUT2D eigenvalue weighted by atomic mass is 9.83. The average molecular weight is 351 g/mol.